The molecule has 1 aromatic heterocycles. The first-order valence-corrected chi connectivity index (χ1v) is 7.12. The van der Waals surface area contributed by atoms with Crippen LogP contribution in [0.3, 0.4) is 0 Å². The van der Waals surface area contributed by atoms with Gasteiger partial charge < -0.3 is 19.5 Å². The van der Waals surface area contributed by atoms with Gasteiger partial charge in [0, 0.05) is 38.1 Å². The maximum Gasteiger partial charge on any atom is 0.203 e. The van der Waals surface area contributed by atoms with E-state index >= 15 is 0 Å². The zero-order chi connectivity index (χ0) is 14.3. The van der Waals surface area contributed by atoms with Crippen LogP contribution in [0.4, 0.5) is 5.95 Å². The van der Waals surface area contributed by atoms with Crippen LogP contribution in [0.25, 0.3) is 0 Å². The topological polar surface area (TPSA) is 42.3 Å². The van der Waals surface area contributed by atoms with Gasteiger partial charge in [-0.1, -0.05) is 13.8 Å². The fourth-order valence-electron chi connectivity index (χ4n) is 2.24. The molecule has 1 heterocycles. The van der Waals surface area contributed by atoms with Crippen LogP contribution in [0.1, 0.15) is 33.7 Å². The largest absolute Gasteiger partial charge is 0.383 e. The molecule has 0 fully saturated rings. The minimum Gasteiger partial charge on any atom is -0.383 e. The molecule has 110 valence electrons. The summed E-state index contributed by atoms with van der Waals surface area (Å²) in [5.41, 5.74) is 0. The number of aromatic nitrogens is 2. The Morgan fingerprint density at radius 3 is 2.63 bits per heavy atom. The molecule has 19 heavy (non-hydrogen) atoms. The van der Waals surface area contributed by atoms with Gasteiger partial charge in [0.25, 0.3) is 0 Å². The molecule has 5 heteroatoms. The van der Waals surface area contributed by atoms with Crippen molar-refractivity contribution >= 4 is 5.95 Å². The van der Waals surface area contributed by atoms with Gasteiger partial charge in [0.1, 0.15) is 0 Å². The third kappa shape index (κ3) is 4.84. The van der Waals surface area contributed by atoms with E-state index in [1.807, 2.05) is 12.4 Å². The second-order valence-corrected chi connectivity index (χ2v) is 4.99. The van der Waals surface area contributed by atoms with Crippen LogP contribution < -0.4 is 5.32 Å². The van der Waals surface area contributed by atoms with Crippen LogP contribution in [0.2, 0.25) is 0 Å². The summed E-state index contributed by atoms with van der Waals surface area (Å²) in [5, 5.41) is 3.39. The van der Waals surface area contributed by atoms with E-state index in [1.165, 1.54) is 0 Å². The third-order valence-corrected chi connectivity index (χ3v) is 3.35. The molecule has 0 amide bonds. The zero-order valence-electron chi connectivity index (χ0n) is 12.9. The minimum atomic E-state index is 0.256. The van der Waals surface area contributed by atoms with E-state index in [-0.39, 0.29) is 6.04 Å². The Morgan fingerprint density at radius 2 is 2.05 bits per heavy atom. The van der Waals surface area contributed by atoms with Crippen LogP contribution in [-0.4, -0.2) is 53.8 Å². The van der Waals surface area contributed by atoms with Crippen LogP contribution in [0.15, 0.2) is 12.4 Å². The summed E-state index contributed by atoms with van der Waals surface area (Å²) in [6.45, 7) is 12.6. The molecule has 2 atom stereocenters. The molecule has 0 spiro atoms. The number of nitrogens with zero attached hydrogens (tertiary/aromatic N) is 3. The fourth-order valence-corrected chi connectivity index (χ4v) is 2.24. The molecule has 0 aliphatic heterocycles. The van der Waals surface area contributed by atoms with Crippen molar-refractivity contribution < 1.29 is 4.74 Å². The van der Waals surface area contributed by atoms with Gasteiger partial charge in [-0.05, 0) is 26.9 Å². The van der Waals surface area contributed by atoms with Gasteiger partial charge >= 0.3 is 0 Å². The molecule has 0 radical (unpaired) electrons. The highest BCUT2D eigenvalue weighted by atomic mass is 16.5. The normalized spacial score (nSPS) is 14.6. The van der Waals surface area contributed by atoms with E-state index in [0.29, 0.717) is 12.6 Å². The Labute approximate surface area is 117 Å². The molecule has 1 N–H and O–H groups in total. The second kappa shape index (κ2) is 8.17. The van der Waals surface area contributed by atoms with Crippen molar-refractivity contribution in [2.75, 3.05) is 38.7 Å². The number of hydrogen-bond donors (Lipinski definition) is 1. The molecule has 2 unspecified atom stereocenters. The molecular formula is C14H28N4O. The molecule has 0 bridgehead atoms. The van der Waals surface area contributed by atoms with Gasteiger partial charge in [-0.2, -0.15) is 0 Å². The van der Waals surface area contributed by atoms with E-state index in [1.54, 1.807) is 7.11 Å². The highest BCUT2D eigenvalue weighted by molar-refractivity contribution is 5.28. The smallest absolute Gasteiger partial charge is 0.203 e. The van der Waals surface area contributed by atoms with E-state index in [2.05, 4.69) is 47.5 Å². The number of imidazole rings is 1. The summed E-state index contributed by atoms with van der Waals surface area (Å²) in [5.74, 6) is 0.921. The first-order valence-electron chi connectivity index (χ1n) is 7.12. The number of nitrogens with one attached hydrogen (secondary N) is 1. The molecule has 0 aromatic carbocycles. The van der Waals surface area contributed by atoms with Crippen molar-refractivity contribution in [2.24, 2.45) is 0 Å². The van der Waals surface area contributed by atoms with Crippen molar-refractivity contribution in [3.8, 4) is 0 Å². The van der Waals surface area contributed by atoms with Gasteiger partial charge in [-0.25, -0.2) is 4.98 Å². The molecule has 0 aliphatic rings. The van der Waals surface area contributed by atoms with E-state index in [9.17, 15) is 0 Å². The standard InChI is InChI=1S/C14H28N4O/c1-6-17(7-2)10-13(4)18-9-8-15-14(18)16-12(3)11-19-5/h8-9,12-13H,6-7,10-11H2,1-5H3,(H,15,16). The number of hydrogen-bond acceptors (Lipinski definition) is 4. The van der Waals surface area contributed by atoms with E-state index < -0.39 is 0 Å². The average Bonchev–Trinajstić information content (AvgIpc) is 2.84. The van der Waals surface area contributed by atoms with Gasteiger partial charge in [0.05, 0.1) is 6.61 Å². The van der Waals surface area contributed by atoms with Crippen LogP contribution in [0.5, 0.6) is 0 Å². The number of rotatable bonds is 9. The molecular weight excluding hydrogens is 240 g/mol. The summed E-state index contributed by atoms with van der Waals surface area (Å²) in [7, 11) is 1.72. The van der Waals surface area contributed by atoms with Gasteiger partial charge in [0.2, 0.25) is 5.95 Å². The first-order chi connectivity index (χ1) is 9.12. The molecule has 1 rings (SSSR count). The Kier molecular flexibility index (Phi) is 6.87. The highest BCUT2D eigenvalue weighted by Crippen LogP contribution is 2.15. The van der Waals surface area contributed by atoms with Crippen molar-refractivity contribution in [1.29, 1.82) is 0 Å². The maximum atomic E-state index is 5.14. The molecule has 0 aliphatic carbocycles. The summed E-state index contributed by atoms with van der Waals surface area (Å²) >= 11 is 0. The van der Waals surface area contributed by atoms with Crippen LogP contribution >= 0.6 is 0 Å². The second-order valence-electron chi connectivity index (χ2n) is 4.99. The fraction of sp³-hybridized carbons (Fsp3) is 0.786. The number of ether oxygens (including phenoxy) is 1. The van der Waals surface area contributed by atoms with E-state index in [0.717, 1.165) is 25.6 Å². The van der Waals surface area contributed by atoms with Gasteiger partial charge in [0.15, 0.2) is 0 Å². The van der Waals surface area contributed by atoms with Gasteiger partial charge in [-0.15, -0.1) is 0 Å². The highest BCUT2D eigenvalue weighted by Gasteiger charge is 2.14. The third-order valence-electron chi connectivity index (χ3n) is 3.35. The van der Waals surface area contributed by atoms with Crippen molar-refractivity contribution in [2.45, 2.75) is 39.8 Å². The SMILES string of the molecule is CCN(CC)CC(C)n1ccnc1NC(C)COC. The van der Waals surface area contributed by atoms with E-state index in [4.69, 9.17) is 4.74 Å². The Balaban J connectivity index is 2.65. The molecule has 0 saturated carbocycles. The quantitative estimate of drug-likeness (QED) is 0.746. The lowest BCUT2D eigenvalue weighted by Gasteiger charge is -2.25. The Hall–Kier alpha value is -1.07. The molecule has 1 aromatic rings. The lowest BCUT2D eigenvalue weighted by Crippen LogP contribution is -2.30. The Bertz CT molecular complexity index is 349. The Morgan fingerprint density at radius 1 is 1.37 bits per heavy atom. The summed E-state index contributed by atoms with van der Waals surface area (Å²) in [6, 6.07) is 0.659. The number of likely N-dealkylation sites (N-methyl/N-ethyl adjacent to an activating group) is 1. The predicted molar refractivity (Wildman–Crippen MR) is 79.7 cm³/mol. The van der Waals surface area contributed by atoms with Crippen LogP contribution in [-0.2, 0) is 4.74 Å². The maximum absolute atomic E-state index is 5.14. The van der Waals surface area contributed by atoms with Crippen molar-refractivity contribution in [1.82, 2.24) is 14.5 Å². The zero-order valence-corrected chi connectivity index (χ0v) is 12.9. The molecule has 0 saturated heterocycles. The predicted octanol–water partition coefficient (Wildman–Crippen LogP) is 2.23. The lowest BCUT2D eigenvalue weighted by molar-refractivity contribution is 0.190. The first kappa shape index (κ1) is 16.0. The summed E-state index contributed by atoms with van der Waals surface area (Å²) < 4.78 is 7.34. The minimum absolute atomic E-state index is 0.256. The summed E-state index contributed by atoms with van der Waals surface area (Å²) in [6.07, 6.45) is 3.89. The number of methoxy groups -OCH3 is 1. The van der Waals surface area contributed by atoms with Crippen molar-refractivity contribution in [3.05, 3.63) is 12.4 Å². The monoisotopic (exact) mass is 268 g/mol. The van der Waals surface area contributed by atoms with Gasteiger partial charge in [-0.3, -0.25) is 0 Å². The molecule has 5 nitrogen and oxygen atoms in total. The number of anilines is 1. The lowest BCUT2D eigenvalue weighted by atomic mass is 10.3. The summed E-state index contributed by atoms with van der Waals surface area (Å²) in [4.78, 5) is 6.82. The van der Waals surface area contributed by atoms with Crippen LogP contribution in [0, 0.1) is 0 Å². The van der Waals surface area contributed by atoms with Crippen molar-refractivity contribution in [3.63, 3.8) is 0 Å². The average molecular weight is 268 g/mol.